The SMILES string of the molecule is [CH2-]C1(C2=CCCC=C2)CC1.[K+]. The maximum atomic E-state index is 4.19. The van der Waals surface area contributed by atoms with Crippen LogP contribution in [0.1, 0.15) is 25.7 Å². The predicted molar refractivity (Wildman–Crippen MR) is 43.5 cm³/mol. The van der Waals surface area contributed by atoms with Crippen LogP contribution in [0.3, 0.4) is 0 Å². The van der Waals surface area contributed by atoms with Crippen molar-refractivity contribution < 1.29 is 51.4 Å². The summed E-state index contributed by atoms with van der Waals surface area (Å²) in [6.07, 6.45) is 11.9. The molecule has 2 aliphatic rings. The van der Waals surface area contributed by atoms with Gasteiger partial charge in [-0.15, -0.1) is 5.41 Å². The van der Waals surface area contributed by atoms with Gasteiger partial charge >= 0.3 is 51.4 Å². The molecule has 0 spiro atoms. The first-order valence-corrected chi connectivity index (χ1v) is 4.04. The van der Waals surface area contributed by atoms with Crippen LogP contribution in [0.5, 0.6) is 0 Å². The first-order valence-electron chi connectivity index (χ1n) is 4.04. The van der Waals surface area contributed by atoms with Crippen molar-refractivity contribution in [3.05, 3.63) is 30.7 Å². The van der Waals surface area contributed by atoms with Crippen LogP contribution in [-0.4, -0.2) is 0 Å². The zero-order valence-electron chi connectivity index (χ0n) is 7.27. The van der Waals surface area contributed by atoms with Gasteiger partial charge in [-0.05, 0) is 12.8 Å². The molecule has 0 radical (unpaired) electrons. The van der Waals surface area contributed by atoms with Gasteiger partial charge in [0.25, 0.3) is 0 Å². The van der Waals surface area contributed by atoms with Crippen LogP contribution >= 0.6 is 0 Å². The molecule has 2 aliphatic carbocycles. The second kappa shape index (κ2) is 3.88. The second-order valence-corrected chi connectivity index (χ2v) is 3.42. The third kappa shape index (κ3) is 2.28. The van der Waals surface area contributed by atoms with E-state index >= 15 is 0 Å². The largest absolute Gasteiger partial charge is 1.00 e. The summed E-state index contributed by atoms with van der Waals surface area (Å²) in [4.78, 5) is 0. The monoisotopic (exact) mass is 172 g/mol. The van der Waals surface area contributed by atoms with Gasteiger partial charge in [-0.25, -0.2) is 0 Å². The second-order valence-electron chi connectivity index (χ2n) is 3.42. The Morgan fingerprint density at radius 1 is 1.27 bits per heavy atom. The van der Waals surface area contributed by atoms with Gasteiger partial charge in [0.05, 0.1) is 0 Å². The molecule has 0 N–H and O–H groups in total. The van der Waals surface area contributed by atoms with Crippen molar-refractivity contribution in [3.63, 3.8) is 0 Å². The average Bonchev–Trinajstić information content (AvgIpc) is 2.72. The van der Waals surface area contributed by atoms with E-state index < -0.39 is 0 Å². The van der Waals surface area contributed by atoms with Gasteiger partial charge in [0.2, 0.25) is 0 Å². The molecule has 2 rings (SSSR count). The molecule has 0 aromatic rings. The molecule has 0 aliphatic heterocycles. The van der Waals surface area contributed by atoms with Gasteiger partial charge in [-0.2, -0.15) is 0 Å². The molecule has 0 amide bonds. The normalized spacial score (nSPS) is 25.4. The van der Waals surface area contributed by atoms with Crippen LogP contribution < -0.4 is 51.4 Å². The Hall–Kier alpha value is 1.12. The molecule has 1 fully saturated rings. The van der Waals surface area contributed by atoms with Crippen molar-refractivity contribution >= 4 is 0 Å². The predicted octanol–water partition coefficient (Wildman–Crippen LogP) is -0.119. The van der Waals surface area contributed by atoms with E-state index in [9.17, 15) is 0 Å². The van der Waals surface area contributed by atoms with Crippen LogP contribution in [0.2, 0.25) is 0 Å². The van der Waals surface area contributed by atoms with Gasteiger partial charge in [0.1, 0.15) is 0 Å². The first kappa shape index (κ1) is 10.2. The molecule has 0 heterocycles. The van der Waals surface area contributed by atoms with Crippen molar-refractivity contribution in [1.29, 1.82) is 0 Å². The van der Waals surface area contributed by atoms with Gasteiger partial charge in [-0.3, -0.25) is 0 Å². The van der Waals surface area contributed by atoms with Crippen molar-refractivity contribution in [2.45, 2.75) is 25.7 Å². The molecule has 0 aromatic carbocycles. The van der Waals surface area contributed by atoms with E-state index in [0.29, 0.717) is 5.41 Å². The quantitative estimate of drug-likeness (QED) is 0.382. The molecule has 0 aromatic heterocycles. The molecule has 0 atom stereocenters. The first-order chi connectivity index (χ1) is 4.81. The summed E-state index contributed by atoms with van der Waals surface area (Å²) in [7, 11) is 0. The van der Waals surface area contributed by atoms with Crippen LogP contribution in [-0.2, 0) is 0 Å². The zero-order valence-corrected chi connectivity index (χ0v) is 10.4. The van der Waals surface area contributed by atoms with E-state index in [1.807, 2.05) is 0 Å². The third-order valence-electron chi connectivity index (χ3n) is 2.46. The molecule has 0 bridgehead atoms. The van der Waals surface area contributed by atoms with Crippen molar-refractivity contribution in [2.24, 2.45) is 5.41 Å². The van der Waals surface area contributed by atoms with E-state index in [1.165, 1.54) is 31.3 Å². The minimum absolute atomic E-state index is 0. The fourth-order valence-electron chi connectivity index (χ4n) is 1.45. The summed E-state index contributed by atoms with van der Waals surface area (Å²) in [5.74, 6) is 0. The minimum atomic E-state index is 0. The summed E-state index contributed by atoms with van der Waals surface area (Å²) >= 11 is 0. The molecule has 1 saturated carbocycles. The fourth-order valence-corrected chi connectivity index (χ4v) is 1.45. The molecule has 0 nitrogen and oxygen atoms in total. The number of allylic oxidation sites excluding steroid dienone is 4. The Morgan fingerprint density at radius 2 is 2.00 bits per heavy atom. The zero-order chi connectivity index (χ0) is 7.03. The molecule has 0 saturated heterocycles. The van der Waals surface area contributed by atoms with Gasteiger partial charge < -0.3 is 6.92 Å². The minimum Gasteiger partial charge on any atom is -0.333 e. The van der Waals surface area contributed by atoms with Gasteiger partial charge in [0, 0.05) is 0 Å². The number of hydrogen-bond acceptors (Lipinski definition) is 0. The summed E-state index contributed by atoms with van der Waals surface area (Å²) in [5, 5.41) is 0. The molecule has 11 heavy (non-hydrogen) atoms. The van der Waals surface area contributed by atoms with Gasteiger partial charge in [0.15, 0.2) is 0 Å². The fraction of sp³-hybridized carbons (Fsp3) is 0.500. The Balaban J connectivity index is 0.000000605. The van der Waals surface area contributed by atoms with Crippen molar-refractivity contribution in [3.8, 4) is 0 Å². The van der Waals surface area contributed by atoms with Crippen LogP contribution in [0.25, 0.3) is 0 Å². The molecular formula is C10H13K. The number of rotatable bonds is 1. The molecule has 54 valence electrons. The maximum absolute atomic E-state index is 4.19. The molecule has 0 unspecified atom stereocenters. The number of hydrogen-bond donors (Lipinski definition) is 0. The molecule has 1 heteroatoms. The summed E-state index contributed by atoms with van der Waals surface area (Å²) < 4.78 is 0. The Kier molecular flexibility index (Phi) is 3.60. The van der Waals surface area contributed by atoms with Crippen LogP contribution in [0.4, 0.5) is 0 Å². The summed E-state index contributed by atoms with van der Waals surface area (Å²) in [5.41, 5.74) is 1.83. The topological polar surface area (TPSA) is 0 Å². The average molecular weight is 172 g/mol. The van der Waals surface area contributed by atoms with Crippen LogP contribution in [0.15, 0.2) is 23.8 Å². The Labute approximate surface area is 112 Å². The van der Waals surface area contributed by atoms with Crippen LogP contribution in [0, 0.1) is 12.3 Å². The smallest absolute Gasteiger partial charge is 0.333 e. The maximum Gasteiger partial charge on any atom is 1.00 e. The Morgan fingerprint density at radius 3 is 2.45 bits per heavy atom. The van der Waals surface area contributed by atoms with E-state index in [1.54, 1.807) is 0 Å². The Bertz CT molecular complexity index is 197. The standard InChI is InChI=1S/C10H13.K/c1-10(7-8-10)9-5-3-2-4-6-9;/h3,5-6H,1-2,4,7-8H2;/q-1;+1. The van der Waals surface area contributed by atoms with Crippen molar-refractivity contribution in [2.75, 3.05) is 0 Å². The van der Waals surface area contributed by atoms with Gasteiger partial charge in [-0.1, -0.05) is 36.6 Å². The molecular weight excluding hydrogens is 159 g/mol. The third-order valence-corrected chi connectivity index (χ3v) is 2.46. The van der Waals surface area contributed by atoms with Crippen molar-refractivity contribution in [1.82, 2.24) is 0 Å². The van der Waals surface area contributed by atoms with E-state index in [0.717, 1.165) is 0 Å². The van der Waals surface area contributed by atoms with E-state index in [-0.39, 0.29) is 51.4 Å². The van der Waals surface area contributed by atoms with E-state index in [2.05, 4.69) is 25.2 Å². The summed E-state index contributed by atoms with van der Waals surface area (Å²) in [6, 6.07) is 0. The van der Waals surface area contributed by atoms with E-state index in [4.69, 9.17) is 0 Å². The summed E-state index contributed by atoms with van der Waals surface area (Å²) in [6.45, 7) is 4.19.